The van der Waals surface area contributed by atoms with Crippen molar-refractivity contribution in [1.82, 2.24) is 14.7 Å². The van der Waals surface area contributed by atoms with E-state index in [1.165, 1.54) is 19.3 Å². The van der Waals surface area contributed by atoms with E-state index >= 15 is 0 Å². The van der Waals surface area contributed by atoms with Gasteiger partial charge in [-0.3, -0.25) is 9.59 Å². The highest BCUT2D eigenvalue weighted by molar-refractivity contribution is 5.94. The molecule has 156 valence electrons. The monoisotopic (exact) mass is 395 g/mol. The predicted molar refractivity (Wildman–Crippen MR) is 116 cm³/mol. The highest BCUT2D eigenvalue weighted by Gasteiger charge is 2.37. The molecule has 1 aromatic rings. The van der Waals surface area contributed by atoms with Crippen LogP contribution < -0.4 is 0 Å². The zero-order chi connectivity index (χ0) is 20.8. The maximum Gasteiger partial charge on any atom is 0.253 e. The first-order valence-electron chi connectivity index (χ1n) is 10.9. The molecule has 2 atom stereocenters. The zero-order valence-electron chi connectivity index (χ0n) is 18.0. The summed E-state index contributed by atoms with van der Waals surface area (Å²) >= 11 is 0. The van der Waals surface area contributed by atoms with Crippen molar-refractivity contribution in [1.29, 1.82) is 0 Å². The van der Waals surface area contributed by atoms with Crippen molar-refractivity contribution in [2.24, 2.45) is 5.92 Å². The molecule has 0 saturated carbocycles. The minimum absolute atomic E-state index is 0.0356. The van der Waals surface area contributed by atoms with Gasteiger partial charge in [0.2, 0.25) is 5.91 Å². The van der Waals surface area contributed by atoms with Crippen molar-refractivity contribution in [3.05, 3.63) is 35.4 Å². The van der Waals surface area contributed by atoms with E-state index in [2.05, 4.69) is 16.7 Å². The molecule has 3 rings (SSSR count). The van der Waals surface area contributed by atoms with Gasteiger partial charge in [0.1, 0.15) is 0 Å². The van der Waals surface area contributed by atoms with Gasteiger partial charge in [0.15, 0.2) is 0 Å². The summed E-state index contributed by atoms with van der Waals surface area (Å²) in [5, 5.41) is 0. The zero-order valence-corrected chi connectivity index (χ0v) is 18.0. The standard InChI is InChI=1S/C24H33N3O2/c1-4-27(5-2)24(29)20-11-9-10-19(16-20)12-13-22-17-21(23(28)25(22)3)18-26-14-7-6-8-15-26/h9-11,16,21-22H,4-8,14-15,17-18H2,1-3H3. The first-order valence-corrected chi connectivity index (χ1v) is 10.9. The van der Waals surface area contributed by atoms with Crippen molar-refractivity contribution >= 4 is 11.8 Å². The molecule has 29 heavy (non-hydrogen) atoms. The molecule has 0 spiro atoms. The van der Waals surface area contributed by atoms with Gasteiger partial charge in [-0.15, -0.1) is 0 Å². The van der Waals surface area contributed by atoms with Crippen molar-refractivity contribution in [3.63, 3.8) is 0 Å². The Labute approximate surface area is 175 Å². The smallest absolute Gasteiger partial charge is 0.253 e. The van der Waals surface area contributed by atoms with E-state index in [0.717, 1.165) is 31.6 Å². The molecule has 2 saturated heterocycles. The van der Waals surface area contributed by atoms with Crippen LogP contribution in [0.2, 0.25) is 0 Å². The van der Waals surface area contributed by atoms with E-state index in [0.29, 0.717) is 18.7 Å². The lowest BCUT2D eigenvalue weighted by Gasteiger charge is -2.28. The second-order valence-electron chi connectivity index (χ2n) is 8.09. The summed E-state index contributed by atoms with van der Waals surface area (Å²) < 4.78 is 0. The number of amides is 2. The third-order valence-electron chi connectivity index (χ3n) is 6.14. The predicted octanol–water partition coefficient (Wildman–Crippen LogP) is 2.85. The number of benzene rings is 1. The van der Waals surface area contributed by atoms with Crippen LogP contribution in [0.3, 0.4) is 0 Å². The van der Waals surface area contributed by atoms with E-state index < -0.39 is 0 Å². The molecular formula is C24H33N3O2. The van der Waals surface area contributed by atoms with Crippen LogP contribution >= 0.6 is 0 Å². The largest absolute Gasteiger partial charge is 0.339 e. The first-order chi connectivity index (χ1) is 14.0. The van der Waals surface area contributed by atoms with Crippen LogP contribution in [0, 0.1) is 17.8 Å². The first kappa shape index (κ1) is 21.4. The lowest BCUT2D eigenvalue weighted by atomic mass is 10.0. The van der Waals surface area contributed by atoms with Gasteiger partial charge in [0.25, 0.3) is 5.91 Å². The molecular weight excluding hydrogens is 362 g/mol. The average Bonchev–Trinajstić information content (AvgIpc) is 3.02. The van der Waals surface area contributed by atoms with Crippen LogP contribution in [0.5, 0.6) is 0 Å². The van der Waals surface area contributed by atoms with Gasteiger partial charge in [-0.05, 0) is 64.4 Å². The number of hydrogen-bond donors (Lipinski definition) is 0. The maximum atomic E-state index is 12.7. The molecule has 2 amide bonds. The Hall–Kier alpha value is -2.32. The van der Waals surface area contributed by atoms with Crippen molar-refractivity contribution in [2.75, 3.05) is 39.8 Å². The van der Waals surface area contributed by atoms with E-state index in [9.17, 15) is 9.59 Å². The summed E-state index contributed by atoms with van der Waals surface area (Å²) in [6.45, 7) is 8.43. The van der Waals surface area contributed by atoms with Crippen LogP contribution in [-0.2, 0) is 4.79 Å². The second-order valence-corrected chi connectivity index (χ2v) is 8.09. The van der Waals surface area contributed by atoms with E-state index in [-0.39, 0.29) is 23.8 Å². The summed E-state index contributed by atoms with van der Waals surface area (Å²) in [5.74, 6) is 6.78. The number of hydrogen-bond acceptors (Lipinski definition) is 3. The lowest BCUT2D eigenvalue weighted by Crippen LogP contribution is -2.37. The summed E-state index contributed by atoms with van der Waals surface area (Å²) in [5.41, 5.74) is 1.49. The summed E-state index contributed by atoms with van der Waals surface area (Å²) in [6, 6.07) is 7.44. The Morgan fingerprint density at radius 3 is 2.59 bits per heavy atom. The topological polar surface area (TPSA) is 43.9 Å². The highest BCUT2D eigenvalue weighted by Crippen LogP contribution is 2.25. The second kappa shape index (κ2) is 9.93. The molecule has 0 radical (unpaired) electrons. The SMILES string of the molecule is CCN(CC)C(=O)c1cccc(C#CC2CC(CN3CCCCC3)C(=O)N2C)c1. The van der Waals surface area contributed by atoms with Gasteiger partial charge in [0.05, 0.1) is 12.0 Å². The summed E-state index contributed by atoms with van der Waals surface area (Å²) in [6.07, 6.45) is 4.57. The van der Waals surface area contributed by atoms with Crippen molar-refractivity contribution in [3.8, 4) is 11.8 Å². The van der Waals surface area contributed by atoms with Gasteiger partial charge in [-0.25, -0.2) is 0 Å². The van der Waals surface area contributed by atoms with E-state index in [1.54, 1.807) is 9.80 Å². The molecule has 2 heterocycles. The fourth-order valence-electron chi connectivity index (χ4n) is 4.32. The summed E-state index contributed by atoms with van der Waals surface area (Å²) in [7, 11) is 1.86. The molecule has 1 aromatic carbocycles. The number of carbonyl (C=O) groups excluding carboxylic acids is 2. The molecule has 2 fully saturated rings. The minimum Gasteiger partial charge on any atom is -0.339 e. The van der Waals surface area contributed by atoms with Crippen molar-refractivity contribution in [2.45, 2.75) is 45.6 Å². The molecule has 0 bridgehead atoms. The fraction of sp³-hybridized carbons (Fsp3) is 0.583. The Bertz CT molecular complexity index is 785. The molecule has 0 aromatic heterocycles. The molecule has 2 aliphatic heterocycles. The Balaban J connectivity index is 1.67. The molecule has 2 unspecified atom stereocenters. The highest BCUT2D eigenvalue weighted by atomic mass is 16.2. The van der Waals surface area contributed by atoms with Crippen LogP contribution in [0.1, 0.15) is 55.5 Å². The normalized spacial score (nSPS) is 22.3. The average molecular weight is 396 g/mol. The van der Waals surface area contributed by atoms with Crippen LogP contribution in [0.25, 0.3) is 0 Å². The molecule has 5 nitrogen and oxygen atoms in total. The number of carbonyl (C=O) groups is 2. The Morgan fingerprint density at radius 1 is 1.17 bits per heavy atom. The van der Waals surface area contributed by atoms with Gasteiger partial charge >= 0.3 is 0 Å². The fourth-order valence-corrected chi connectivity index (χ4v) is 4.32. The van der Waals surface area contributed by atoms with Gasteiger partial charge in [0, 0.05) is 37.8 Å². The molecule has 0 aliphatic carbocycles. The molecule has 0 N–H and O–H groups in total. The number of piperidine rings is 1. The van der Waals surface area contributed by atoms with Gasteiger partial charge in [-0.2, -0.15) is 0 Å². The maximum absolute atomic E-state index is 12.7. The third-order valence-corrected chi connectivity index (χ3v) is 6.14. The lowest BCUT2D eigenvalue weighted by molar-refractivity contribution is -0.130. The minimum atomic E-state index is -0.0561. The van der Waals surface area contributed by atoms with Gasteiger partial charge < -0.3 is 14.7 Å². The molecule has 5 heteroatoms. The molecule has 2 aliphatic rings. The summed E-state index contributed by atoms with van der Waals surface area (Å²) in [4.78, 5) is 31.3. The Kier molecular flexibility index (Phi) is 7.33. The van der Waals surface area contributed by atoms with Crippen molar-refractivity contribution < 1.29 is 9.59 Å². The third kappa shape index (κ3) is 5.19. The Morgan fingerprint density at radius 2 is 1.90 bits per heavy atom. The van der Waals surface area contributed by atoms with Gasteiger partial charge in [-0.1, -0.05) is 24.3 Å². The van der Waals surface area contributed by atoms with E-state index in [4.69, 9.17) is 0 Å². The quantitative estimate of drug-likeness (QED) is 0.720. The van der Waals surface area contributed by atoms with E-state index in [1.807, 2.05) is 45.2 Å². The number of likely N-dealkylation sites (tertiary alicyclic amines) is 2. The van der Waals surface area contributed by atoms with Crippen LogP contribution in [0.4, 0.5) is 0 Å². The van der Waals surface area contributed by atoms with Crippen LogP contribution in [-0.4, -0.2) is 72.3 Å². The van der Waals surface area contributed by atoms with Crippen LogP contribution in [0.15, 0.2) is 24.3 Å². The number of rotatable bonds is 5. The number of nitrogens with zero attached hydrogens (tertiary/aromatic N) is 3.